The first-order valence-corrected chi connectivity index (χ1v) is 10.5. The van der Waals surface area contributed by atoms with Gasteiger partial charge in [0.15, 0.2) is 0 Å². The number of nitrogens with one attached hydrogen (secondary N) is 2. The zero-order valence-corrected chi connectivity index (χ0v) is 18.1. The third-order valence-corrected chi connectivity index (χ3v) is 6.34. The first-order valence-electron chi connectivity index (χ1n) is 7.76. The minimum absolute atomic E-state index is 0.000957. The van der Waals surface area contributed by atoms with Crippen LogP contribution in [0.3, 0.4) is 0 Å². The summed E-state index contributed by atoms with van der Waals surface area (Å²) in [6, 6.07) is 1.61. The largest absolute Gasteiger partial charge is 0.481 e. The van der Waals surface area contributed by atoms with Crippen LogP contribution in [-0.4, -0.2) is 44.6 Å². The highest BCUT2D eigenvalue weighted by atomic mass is 35.5. The molecule has 2 amide bonds. The van der Waals surface area contributed by atoms with Gasteiger partial charge in [0.05, 0.1) is 20.3 Å². The SMILES string of the molecule is COc1cc(OC)nc(NC(=O)NS(=O)(=O)c2sccc2C(C)(Cl)OC(C)=O)n1. The minimum Gasteiger partial charge on any atom is -0.481 e. The fraction of sp³-hybridized carbons (Fsp3) is 0.333. The molecule has 0 spiro atoms. The van der Waals surface area contributed by atoms with Gasteiger partial charge in [0, 0.05) is 12.5 Å². The average molecular weight is 465 g/mol. The van der Waals surface area contributed by atoms with Crippen molar-refractivity contribution < 1.29 is 32.2 Å². The topological polar surface area (TPSA) is 146 Å². The van der Waals surface area contributed by atoms with E-state index in [1.165, 1.54) is 38.7 Å². The number of methoxy groups -OCH3 is 2. The Morgan fingerprint density at radius 2 is 1.79 bits per heavy atom. The molecule has 0 aliphatic heterocycles. The maximum atomic E-state index is 12.6. The fourth-order valence-corrected chi connectivity index (χ4v) is 4.96. The summed E-state index contributed by atoms with van der Waals surface area (Å²) in [4.78, 5) is 31.2. The summed E-state index contributed by atoms with van der Waals surface area (Å²) in [5.41, 5.74) is -0.000957. The number of esters is 1. The molecular formula is C15H17ClN4O7S2. The lowest BCUT2D eigenvalue weighted by Gasteiger charge is -2.22. The predicted molar refractivity (Wildman–Crippen MR) is 104 cm³/mol. The number of rotatable bonds is 7. The van der Waals surface area contributed by atoms with Crippen molar-refractivity contribution in [1.29, 1.82) is 0 Å². The summed E-state index contributed by atoms with van der Waals surface area (Å²) in [5.74, 6) is -0.765. The molecule has 2 N–H and O–H groups in total. The molecule has 1 atom stereocenters. The zero-order chi connectivity index (χ0) is 21.8. The summed E-state index contributed by atoms with van der Waals surface area (Å²) in [7, 11) is -1.66. The van der Waals surface area contributed by atoms with Crippen LogP contribution in [-0.2, 0) is 24.6 Å². The lowest BCUT2D eigenvalue weighted by Crippen LogP contribution is -2.35. The van der Waals surface area contributed by atoms with Crippen molar-refractivity contribution in [2.24, 2.45) is 0 Å². The van der Waals surface area contributed by atoms with Gasteiger partial charge in [-0.15, -0.1) is 11.3 Å². The maximum absolute atomic E-state index is 12.6. The van der Waals surface area contributed by atoms with Crippen LogP contribution in [0.2, 0.25) is 0 Å². The van der Waals surface area contributed by atoms with Gasteiger partial charge < -0.3 is 14.2 Å². The van der Waals surface area contributed by atoms with E-state index >= 15 is 0 Å². The number of thiophene rings is 1. The minimum atomic E-state index is -4.35. The standard InChI is InChI=1S/C15H17ClN4O7S2/c1-8(21)27-15(2,16)9-5-6-28-12(9)29(23,24)20-14(22)19-13-17-10(25-3)7-11(18-13)26-4/h5-7H,1-4H3,(H2,17,18,19,20,22). The molecule has 0 saturated heterocycles. The molecule has 29 heavy (non-hydrogen) atoms. The first-order chi connectivity index (χ1) is 13.5. The maximum Gasteiger partial charge on any atom is 0.335 e. The molecule has 0 bridgehead atoms. The Bertz CT molecular complexity index is 1000. The summed E-state index contributed by atoms with van der Waals surface area (Å²) in [6.07, 6.45) is 0. The molecule has 2 aromatic rings. The van der Waals surface area contributed by atoms with E-state index in [0.29, 0.717) is 0 Å². The van der Waals surface area contributed by atoms with Gasteiger partial charge >= 0.3 is 12.0 Å². The van der Waals surface area contributed by atoms with Gasteiger partial charge in [0.2, 0.25) is 22.8 Å². The van der Waals surface area contributed by atoms with Crippen LogP contribution in [0.4, 0.5) is 10.7 Å². The fourth-order valence-electron chi connectivity index (χ4n) is 2.12. The highest BCUT2D eigenvalue weighted by Gasteiger charge is 2.35. The molecule has 0 aliphatic carbocycles. The van der Waals surface area contributed by atoms with E-state index in [9.17, 15) is 18.0 Å². The van der Waals surface area contributed by atoms with Crippen LogP contribution in [0.15, 0.2) is 21.7 Å². The van der Waals surface area contributed by atoms with Gasteiger partial charge in [-0.25, -0.2) is 17.9 Å². The van der Waals surface area contributed by atoms with E-state index in [2.05, 4.69) is 15.3 Å². The quantitative estimate of drug-likeness (QED) is 0.464. The van der Waals surface area contributed by atoms with Gasteiger partial charge in [-0.1, -0.05) is 11.6 Å². The van der Waals surface area contributed by atoms with E-state index in [0.717, 1.165) is 18.3 Å². The Kier molecular flexibility index (Phi) is 6.87. The van der Waals surface area contributed by atoms with E-state index in [1.807, 2.05) is 4.72 Å². The van der Waals surface area contributed by atoms with Gasteiger partial charge in [-0.05, 0) is 18.4 Å². The molecule has 0 saturated carbocycles. The predicted octanol–water partition coefficient (Wildman–Crippen LogP) is 2.04. The molecule has 0 aliphatic rings. The molecule has 14 heteroatoms. The van der Waals surface area contributed by atoms with E-state index < -0.39 is 27.1 Å². The molecule has 2 rings (SSSR count). The normalized spacial score (nSPS) is 13.1. The van der Waals surface area contributed by atoms with Crippen LogP contribution < -0.4 is 19.5 Å². The number of alkyl halides is 1. The number of nitrogens with zero attached hydrogens (tertiary/aromatic N) is 2. The van der Waals surface area contributed by atoms with Crippen LogP contribution in [0, 0.1) is 0 Å². The number of ether oxygens (including phenoxy) is 3. The van der Waals surface area contributed by atoms with Crippen molar-refractivity contribution in [3.8, 4) is 11.8 Å². The first kappa shape index (κ1) is 22.6. The number of urea groups is 1. The highest BCUT2D eigenvalue weighted by molar-refractivity contribution is 7.92. The van der Waals surface area contributed by atoms with Crippen LogP contribution in [0.1, 0.15) is 19.4 Å². The number of halogens is 1. The number of amides is 2. The van der Waals surface area contributed by atoms with Crippen LogP contribution >= 0.6 is 22.9 Å². The average Bonchev–Trinajstić information content (AvgIpc) is 3.11. The number of anilines is 1. The second-order valence-corrected chi connectivity index (χ2v) is 8.98. The van der Waals surface area contributed by atoms with Crippen LogP contribution in [0.25, 0.3) is 0 Å². The number of hydrogen-bond acceptors (Lipinski definition) is 10. The Balaban J connectivity index is 2.24. The van der Waals surface area contributed by atoms with E-state index in [-0.39, 0.29) is 27.5 Å². The Morgan fingerprint density at radius 1 is 1.21 bits per heavy atom. The monoisotopic (exact) mass is 464 g/mol. The molecule has 1 unspecified atom stereocenters. The number of aromatic nitrogens is 2. The molecule has 0 fully saturated rings. The Morgan fingerprint density at radius 3 is 2.31 bits per heavy atom. The molecule has 0 aromatic carbocycles. The van der Waals surface area contributed by atoms with Crippen molar-refractivity contribution in [3.05, 3.63) is 23.1 Å². The van der Waals surface area contributed by atoms with E-state index in [4.69, 9.17) is 25.8 Å². The van der Waals surface area contributed by atoms with Crippen molar-refractivity contribution in [1.82, 2.24) is 14.7 Å². The third-order valence-electron chi connectivity index (χ3n) is 3.24. The summed E-state index contributed by atoms with van der Waals surface area (Å²) >= 11 is 6.96. The lowest BCUT2D eigenvalue weighted by atomic mass is 10.2. The summed E-state index contributed by atoms with van der Waals surface area (Å²) in [6.45, 7) is 2.45. The number of hydrogen-bond donors (Lipinski definition) is 2. The van der Waals surface area contributed by atoms with Crippen molar-refractivity contribution in [2.45, 2.75) is 23.1 Å². The van der Waals surface area contributed by atoms with Gasteiger partial charge in [-0.2, -0.15) is 9.97 Å². The third kappa shape index (κ3) is 5.68. The van der Waals surface area contributed by atoms with Crippen molar-refractivity contribution in [2.75, 3.05) is 19.5 Å². The summed E-state index contributed by atoms with van der Waals surface area (Å²) in [5, 5.41) is 1.87. The second-order valence-electron chi connectivity index (χ2n) is 5.47. The number of sulfonamides is 1. The highest BCUT2D eigenvalue weighted by Crippen LogP contribution is 2.37. The molecule has 0 radical (unpaired) electrons. The summed E-state index contributed by atoms with van der Waals surface area (Å²) < 4.78 is 41.7. The number of carbonyl (C=O) groups excluding carboxylic acids is 2. The molecule has 158 valence electrons. The van der Waals surface area contributed by atoms with Crippen molar-refractivity contribution >= 4 is 50.9 Å². The van der Waals surface area contributed by atoms with Crippen LogP contribution in [0.5, 0.6) is 11.8 Å². The van der Waals surface area contributed by atoms with Gasteiger partial charge in [0.25, 0.3) is 10.0 Å². The number of carbonyl (C=O) groups is 2. The zero-order valence-electron chi connectivity index (χ0n) is 15.7. The van der Waals surface area contributed by atoms with E-state index in [1.54, 1.807) is 0 Å². The van der Waals surface area contributed by atoms with Crippen molar-refractivity contribution in [3.63, 3.8) is 0 Å². The van der Waals surface area contributed by atoms with Gasteiger partial charge in [0.1, 0.15) is 4.21 Å². The Labute approximate surface area is 175 Å². The lowest BCUT2D eigenvalue weighted by molar-refractivity contribution is -0.149. The van der Waals surface area contributed by atoms with Gasteiger partial charge in [-0.3, -0.25) is 10.1 Å². The molecular weight excluding hydrogens is 448 g/mol. The molecule has 11 nitrogen and oxygen atoms in total. The molecule has 2 heterocycles. The molecule has 2 aromatic heterocycles. The second kappa shape index (κ2) is 8.80. The smallest absolute Gasteiger partial charge is 0.335 e. The Hall–Kier alpha value is -2.64.